The van der Waals surface area contributed by atoms with Gasteiger partial charge in [0, 0.05) is 0 Å². The maximum absolute atomic E-state index is 2.48. The van der Waals surface area contributed by atoms with Crippen LogP contribution >= 0.6 is 0 Å². The van der Waals surface area contributed by atoms with Crippen LogP contribution in [0.2, 0.25) is 13.1 Å². The van der Waals surface area contributed by atoms with Crippen molar-refractivity contribution in [2.45, 2.75) is 66.5 Å². The molecule has 0 heterocycles. The average Bonchev–Trinajstić information content (AvgIpc) is 3.26. The fraction of sp³-hybridized carbons (Fsp3) is 0.615. The Morgan fingerprint density at radius 1 is 0.800 bits per heavy atom. The van der Waals surface area contributed by atoms with E-state index in [0.29, 0.717) is 0 Å². The first-order valence-electron chi connectivity index (χ1n) is 11.2. The summed E-state index contributed by atoms with van der Waals surface area (Å²) in [5.74, 6) is 5.00. The largest absolute Gasteiger partial charge is 1.00 e. The third-order valence-electron chi connectivity index (χ3n) is 6.27. The molecular formula is C26H40Cl2HfSi-2. The van der Waals surface area contributed by atoms with E-state index in [4.69, 9.17) is 0 Å². The van der Waals surface area contributed by atoms with E-state index in [9.17, 15) is 0 Å². The molecule has 0 saturated heterocycles. The van der Waals surface area contributed by atoms with Crippen molar-refractivity contribution in [3.63, 3.8) is 0 Å². The molecule has 4 aliphatic rings. The van der Waals surface area contributed by atoms with Gasteiger partial charge in [-0.25, -0.2) is 36.1 Å². The van der Waals surface area contributed by atoms with Gasteiger partial charge in [-0.05, 0) is 24.7 Å². The molecule has 4 unspecified atom stereocenters. The van der Waals surface area contributed by atoms with Crippen molar-refractivity contribution in [2.24, 2.45) is 35.5 Å². The van der Waals surface area contributed by atoms with Gasteiger partial charge in [0.05, 0.1) is 0 Å². The van der Waals surface area contributed by atoms with Gasteiger partial charge in [0.1, 0.15) is 0 Å². The third kappa shape index (κ3) is 9.88. The molecule has 0 amide bonds. The normalized spacial score (nSPS) is 27.4. The van der Waals surface area contributed by atoms with Crippen molar-refractivity contribution in [3.8, 4) is 0 Å². The SMILES string of the molecule is CC(C)C1[CH-]C2=CC=CCC2C1.CC(C)C1[CH-]C2=CC=CCC2C1.C[Si](C)=[Hf+2].[Cl-].[Cl-]. The van der Waals surface area contributed by atoms with E-state index in [2.05, 4.69) is 90.1 Å². The summed E-state index contributed by atoms with van der Waals surface area (Å²) in [6, 6.07) is 0. The maximum atomic E-state index is 2.48. The molecule has 0 aromatic heterocycles. The van der Waals surface area contributed by atoms with Gasteiger partial charge >= 0.3 is 41.6 Å². The van der Waals surface area contributed by atoms with Crippen LogP contribution in [0.25, 0.3) is 0 Å². The van der Waals surface area contributed by atoms with Gasteiger partial charge in [-0.3, -0.25) is 0 Å². The van der Waals surface area contributed by atoms with Crippen LogP contribution in [0.3, 0.4) is 0 Å². The van der Waals surface area contributed by atoms with Crippen LogP contribution in [0.1, 0.15) is 53.4 Å². The topological polar surface area (TPSA) is 0 Å². The molecule has 0 aliphatic heterocycles. The fourth-order valence-corrected chi connectivity index (χ4v) is 4.45. The average molecular weight is 630 g/mol. The molecule has 4 aliphatic carbocycles. The van der Waals surface area contributed by atoms with E-state index < -0.39 is 0 Å². The van der Waals surface area contributed by atoms with Crippen molar-refractivity contribution < 1.29 is 47.8 Å². The Labute approximate surface area is 214 Å². The number of fused-ring (bicyclic) bond motifs is 2. The number of hydrogen-bond donors (Lipinski definition) is 0. The van der Waals surface area contributed by atoms with Gasteiger partial charge < -0.3 is 24.8 Å². The summed E-state index contributed by atoms with van der Waals surface area (Å²) in [6.07, 6.45) is 23.8. The molecule has 4 heteroatoms. The number of allylic oxidation sites excluding steroid dienone is 8. The summed E-state index contributed by atoms with van der Waals surface area (Å²) in [5.41, 5.74) is 3.45. The zero-order valence-electron chi connectivity index (χ0n) is 19.7. The summed E-state index contributed by atoms with van der Waals surface area (Å²) >= 11 is 1.45. The Balaban J connectivity index is 0.000000452. The van der Waals surface area contributed by atoms with Crippen LogP contribution in [0.15, 0.2) is 47.6 Å². The van der Waals surface area contributed by atoms with Gasteiger partial charge in [0.25, 0.3) is 0 Å². The fourth-order valence-electron chi connectivity index (χ4n) is 4.45. The minimum Gasteiger partial charge on any atom is -1.00 e. The van der Waals surface area contributed by atoms with E-state index in [0.717, 1.165) is 35.5 Å². The molecule has 168 valence electrons. The number of hydrogen-bond acceptors (Lipinski definition) is 0. The van der Waals surface area contributed by atoms with Crippen LogP contribution in [0.4, 0.5) is 0 Å². The Morgan fingerprint density at radius 2 is 1.13 bits per heavy atom. The monoisotopic (exact) mass is 630 g/mol. The van der Waals surface area contributed by atoms with Gasteiger partial charge in [0.15, 0.2) is 0 Å². The molecule has 4 rings (SSSR count). The van der Waals surface area contributed by atoms with Crippen molar-refractivity contribution in [2.75, 3.05) is 0 Å². The first-order valence-corrected chi connectivity index (χ1v) is 19.1. The van der Waals surface area contributed by atoms with Crippen LogP contribution in [0, 0.1) is 48.3 Å². The van der Waals surface area contributed by atoms with Crippen molar-refractivity contribution in [3.05, 3.63) is 60.4 Å². The molecule has 30 heavy (non-hydrogen) atoms. The molecule has 0 spiro atoms. The van der Waals surface area contributed by atoms with E-state index in [1.54, 1.807) is 11.1 Å². The van der Waals surface area contributed by atoms with E-state index in [1.165, 1.54) is 48.7 Å². The molecule has 0 bridgehead atoms. The Hall–Kier alpha value is 0.367. The Kier molecular flexibility index (Phi) is 15.4. The predicted molar refractivity (Wildman–Crippen MR) is 123 cm³/mol. The Bertz CT molecular complexity index is 591. The summed E-state index contributed by atoms with van der Waals surface area (Å²) in [4.78, 5) is 0. The molecule has 0 aromatic carbocycles. The minimum atomic E-state index is 0. The zero-order valence-corrected chi connectivity index (χ0v) is 25.8. The second-order valence-electron chi connectivity index (χ2n) is 9.68. The maximum Gasteiger partial charge on any atom is -1.00 e. The summed E-state index contributed by atoms with van der Waals surface area (Å²) in [5, 5.41) is 0. The van der Waals surface area contributed by atoms with Gasteiger partial charge in [-0.1, -0.05) is 64.2 Å². The van der Waals surface area contributed by atoms with E-state index in [1.807, 2.05) is 0 Å². The predicted octanol–water partition coefficient (Wildman–Crippen LogP) is 1.53. The first kappa shape index (κ1) is 30.4. The van der Waals surface area contributed by atoms with Gasteiger partial charge in [-0.15, -0.1) is 24.3 Å². The van der Waals surface area contributed by atoms with Crippen LogP contribution in [0.5, 0.6) is 0 Å². The Morgan fingerprint density at radius 3 is 1.40 bits per heavy atom. The summed E-state index contributed by atoms with van der Waals surface area (Å²) in [7, 11) is 0. The third-order valence-corrected chi connectivity index (χ3v) is 6.27. The molecule has 0 aromatic rings. The minimum absolute atomic E-state index is 0. The standard InChI is InChI=1S/2C12H17.C2H6Si.2ClH.Hf/c2*1-9(2)12-7-10-5-3-4-6-11(10)8-12;1-3-2;;;/h2*3-5,7,9,11-12H,6,8H2,1-2H3;1-2H3;2*1H;/q2*-1;;;;+2/p-2. The molecule has 4 atom stereocenters. The quantitative estimate of drug-likeness (QED) is 0.321. The smallest absolute Gasteiger partial charge is 1.00 e. The molecule has 0 N–H and O–H groups in total. The molecular weight excluding hydrogens is 590 g/mol. The number of rotatable bonds is 2. The van der Waals surface area contributed by atoms with Crippen LogP contribution in [-0.2, 0) is 23.0 Å². The summed E-state index contributed by atoms with van der Waals surface area (Å²) in [6.45, 7) is 14.0. The molecule has 2 fully saturated rings. The van der Waals surface area contributed by atoms with Crippen molar-refractivity contribution >= 4 is 5.49 Å². The second-order valence-corrected chi connectivity index (χ2v) is 22.5. The molecule has 0 radical (unpaired) electrons. The van der Waals surface area contributed by atoms with Crippen LogP contribution < -0.4 is 24.8 Å². The van der Waals surface area contributed by atoms with Crippen LogP contribution in [-0.4, -0.2) is 5.49 Å². The van der Waals surface area contributed by atoms with E-state index in [-0.39, 0.29) is 30.3 Å². The van der Waals surface area contributed by atoms with Gasteiger partial charge in [0.2, 0.25) is 0 Å². The number of halogens is 2. The second kappa shape index (κ2) is 15.2. The van der Waals surface area contributed by atoms with Gasteiger partial charge in [-0.2, -0.15) is 0 Å². The van der Waals surface area contributed by atoms with Crippen molar-refractivity contribution in [1.29, 1.82) is 0 Å². The zero-order chi connectivity index (χ0) is 20.7. The first-order chi connectivity index (χ1) is 13.3. The van der Waals surface area contributed by atoms with Crippen molar-refractivity contribution in [1.82, 2.24) is 0 Å². The summed E-state index contributed by atoms with van der Waals surface area (Å²) < 4.78 is 0. The van der Waals surface area contributed by atoms with E-state index >= 15 is 0 Å². The molecule has 2 saturated carbocycles. The molecule has 0 nitrogen and oxygen atoms in total.